The van der Waals surface area contributed by atoms with Gasteiger partial charge < -0.3 is 10.2 Å². The first-order valence-electron chi connectivity index (χ1n) is 6.79. The molecule has 0 aromatic heterocycles. The lowest BCUT2D eigenvalue weighted by molar-refractivity contribution is -0.131. The zero-order valence-electron chi connectivity index (χ0n) is 11.5. The smallest absolute Gasteiger partial charge is 0.239 e. The number of nitrogens with zero attached hydrogens (tertiary/aromatic N) is 1. The van der Waals surface area contributed by atoms with Gasteiger partial charge in [-0.25, -0.2) is 0 Å². The normalized spacial score (nSPS) is 17.8. The number of likely N-dealkylation sites (N-methyl/N-ethyl adjacent to an activating group) is 1. The third-order valence-electron chi connectivity index (χ3n) is 3.54. The van der Waals surface area contributed by atoms with Crippen LogP contribution in [0.5, 0.6) is 0 Å². The van der Waals surface area contributed by atoms with E-state index in [2.05, 4.69) is 29.6 Å². The van der Waals surface area contributed by atoms with Crippen LogP contribution < -0.4 is 5.32 Å². The van der Waals surface area contributed by atoms with Crippen LogP contribution >= 0.6 is 12.4 Å². The predicted molar refractivity (Wildman–Crippen MR) is 80.7 cm³/mol. The van der Waals surface area contributed by atoms with E-state index in [1.54, 1.807) is 0 Å². The van der Waals surface area contributed by atoms with Gasteiger partial charge in [-0.1, -0.05) is 30.3 Å². The maximum Gasteiger partial charge on any atom is 0.239 e. The van der Waals surface area contributed by atoms with Crippen molar-refractivity contribution in [2.75, 3.05) is 20.1 Å². The molecule has 4 heteroatoms. The number of hydrogen-bond donors (Lipinski definition) is 1. The van der Waals surface area contributed by atoms with Gasteiger partial charge in [0.1, 0.15) is 0 Å². The van der Waals surface area contributed by atoms with Crippen molar-refractivity contribution >= 4 is 18.3 Å². The van der Waals surface area contributed by atoms with Crippen molar-refractivity contribution in [2.45, 2.75) is 31.7 Å². The van der Waals surface area contributed by atoms with E-state index in [0.717, 1.165) is 38.8 Å². The topological polar surface area (TPSA) is 32.3 Å². The molecule has 0 bridgehead atoms. The van der Waals surface area contributed by atoms with E-state index in [0.29, 0.717) is 0 Å². The molecular weight excluding hydrogens is 260 g/mol. The molecule has 0 saturated carbocycles. The molecule has 19 heavy (non-hydrogen) atoms. The maximum atomic E-state index is 12.1. The van der Waals surface area contributed by atoms with Crippen LogP contribution in [0.15, 0.2) is 30.3 Å². The second-order valence-corrected chi connectivity index (χ2v) is 5.00. The molecule has 1 saturated heterocycles. The Morgan fingerprint density at radius 3 is 2.74 bits per heavy atom. The summed E-state index contributed by atoms with van der Waals surface area (Å²) in [7, 11) is 1.91. The Morgan fingerprint density at radius 1 is 1.37 bits per heavy atom. The van der Waals surface area contributed by atoms with Crippen molar-refractivity contribution in [2.24, 2.45) is 0 Å². The van der Waals surface area contributed by atoms with Crippen LogP contribution in [0.2, 0.25) is 0 Å². The van der Waals surface area contributed by atoms with Crippen LogP contribution in [-0.4, -0.2) is 37.0 Å². The highest BCUT2D eigenvalue weighted by Crippen LogP contribution is 2.09. The highest BCUT2D eigenvalue weighted by Gasteiger charge is 2.24. The fourth-order valence-electron chi connectivity index (χ4n) is 2.44. The second kappa shape index (κ2) is 8.18. The van der Waals surface area contributed by atoms with E-state index in [4.69, 9.17) is 0 Å². The number of nitrogens with one attached hydrogen (secondary N) is 1. The Balaban J connectivity index is 0.00000180. The number of halogens is 1. The van der Waals surface area contributed by atoms with Gasteiger partial charge in [0.15, 0.2) is 0 Å². The van der Waals surface area contributed by atoms with Crippen LogP contribution in [-0.2, 0) is 11.2 Å². The SMILES string of the molecule is CN(CCCc1ccccc1)C(=O)[C@@H]1CCCN1.Cl. The monoisotopic (exact) mass is 282 g/mol. The summed E-state index contributed by atoms with van der Waals surface area (Å²) >= 11 is 0. The minimum absolute atomic E-state index is 0. The summed E-state index contributed by atoms with van der Waals surface area (Å²) in [6, 6.07) is 10.5. The molecule has 2 rings (SSSR count). The molecule has 1 fully saturated rings. The highest BCUT2D eigenvalue weighted by atomic mass is 35.5. The zero-order valence-corrected chi connectivity index (χ0v) is 12.3. The first-order valence-corrected chi connectivity index (χ1v) is 6.79. The zero-order chi connectivity index (χ0) is 12.8. The Bertz CT molecular complexity index is 377. The lowest BCUT2D eigenvalue weighted by Crippen LogP contribution is -2.42. The van der Waals surface area contributed by atoms with Crippen molar-refractivity contribution in [1.29, 1.82) is 0 Å². The fourth-order valence-corrected chi connectivity index (χ4v) is 2.44. The lowest BCUT2D eigenvalue weighted by Gasteiger charge is -2.21. The van der Waals surface area contributed by atoms with E-state index < -0.39 is 0 Å². The molecule has 0 aliphatic carbocycles. The van der Waals surface area contributed by atoms with E-state index in [9.17, 15) is 4.79 Å². The molecule has 106 valence electrons. The standard InChI is InChI=1S/C15H22N2O.ClH/c1-17(15(18)14-10-5-11-16-14)12-6-9-13-7-3-2-4-8-13;/h2-4,7-8,14,16H,5-6,9-12H2,1H3;1H/t14-;/m0./s1. The molecule has 0 radical (unpaired) electrons. The Labute approximate surface area is 121 Å². The molecule has 0 unspecified atom stereocenters. The number of benzene rings is 1. The maximum absolute atomic E-state index is 12.1. The number of aryl methyl sites for hydroxylation is 1. The Morgan fingerprint density at radius 2 is 2.11 bits per heavy atom. The van der Waals surface area contributed by atoms with Crippen LogP contribution in [0.4, 0.5) is 0 Å². The van der Waals surface area contributed by atoms with Crippen molar-refractivity contribution in [1.82, 2.24) is 10.2 Å². The molecule has 1 heterocycles. The lowest BCUT2D eigenvalue weighted by atomic mass is 10.1. The average Bonchev–Trinajstić information content (AvgIpc) is 2.93. The Hall–Kier alpha value is -1.06. The largest absolute Gasteiger partial charge is 0.344 e. The summed E-state index contributed by atoms with van der Waals surface area (Å²) in [4.78, 5) is 13.9. The van der Waals surface area contributed by atoms with E-state index in [1.807, 2.05) is 18.0 Å². The second-order valence-electron chi connectivity index (χ2n) is 5.00. The van der Waals surface area contributed by atoms with Crippen LogP contribution in [0.25, 0.3) is 0 Å². The van der Waals surface area contributed by atoms with Crippen molar-refractivity contribution < 1.29 is 4.79 Å². The van der Waals surface area contributed by atoms with Crippen molar-refractivity contribution in [3.05, 3.63) is 35.9 Å². The van der Waals surface area contributed by atoms with Gasteiger partial charge in [0.05, 0.1) is 6.04 Å². The average molecular weight is 283 g/mol. The molecule has 1 aromatic carbocycles. The minimum Gasteiger partial charge on any atom is -0.344 e. The van der Waals surface area contributed by atoms with Gasteiger partial charge in [0.2, 0.25) is 5.91 Å². The molecule has 1 aliphatic rings. The number of amides is 1. The number of carbonyl (C=O) groups is 1. The van der Waals surface area contributed by atoms with E-state index in [1.165, 1.54) is 5.56 Å². The first-order chi connectivity index (χ1) is 8.77. The minimum atomic E-state index is 0. The molecule has 1 N–H and O–H groups in total. The summed E-state index contributed by atoms with van der Waals surface area (Å²) in [6.45, 7) is 1.82. The summed E-state index contributed by atoms with van der Waals surface area (Å²) in [6.07, 6.45) is 4.17. The van der Waals surface area contributed by atoms with E-state index in [-0.39, 0.29) is 24.4 Å². The van der Waals surface area contributed by atoms with Gasteiger partial charge in [-0.15, -0.1) is 12.4 Å². The number of hydrogen-bond acceptors (Lipinski definition) is 2. The molecular formula is C15H23ClN2O. The van der Waals surface area contributed by atoms with Crippen molar-refractivity contribution in [3.63, 3.8) is 0 Å². The summed E-state index contributed by atoms with van der Waals surface area (Å²) in [5, 5.41) is 3.25. The van der Waals surface area contributed by atoms with Crippen LogP contribution in [0.3, 0.4) is 0 Å². The van der Waals surface area contributed by atoms with Crippen LogP contribution in [0.1, 0.15) is 24.8 Å². The van der Waals surface area contributed by atoms with Gasteiger partial charge in [0, 0.05) is 13.6 Å². The third-order valence-corrected chi connectivity index (χ3v) is 3.54. The molecule has 1 aliphatic heterocycles. The number of carbonyl (C=O) groups excluding carboxylic acids is 1. The van der Waals surface area contributed by atoms with Gasteiger partial charge >= 0.3 is 0 Å². The third kappa shape index (κ3) is 4.84. The van der Waals surface area contributed by atoms with Gasteiger partial charge in [0.25, 0.3) is 0 Å². The summed E-state index contributed by atoms with van der Waals surface area (Å²) in [5.41, 5.74) is 1.34. The quantitative estimate of drug-likeness (QED) is 0.898. The van der Waals surface area contributed by atoms with Crippen LogP contribution in [0, 0.1) is 0 Å². The predicted octanol–water partition coefficient (Wildman–Crippen LogP) is 2.25. The molecule has 1 atom stereocenters. The number of rotatable bonds is 5. The highest BCUT2D eigenvalue weighted by molar-refractivity contribution is 5.85. The summed E-state index contributed by atoms with van der Waals surface area (Å²) < 4.78 is 0. The van der Waals surface area contributed by atoms with Gasteiger partial charge in [-0.3, -0.25) is 4.79 Å². The molecule has 1 aromatic rings. The molecule has 1 amide bonds. The Kier molecular flexibility index (Phi) is 6.89. The molecule has 0 spiro atoms. The van der Waals surface area contributed by atoms with Crippen molar-refractivity contribution in [3.8, 4) is 0 Å². The first kappa shape index (κ1) is 16.0. The van der Waals surface area contributed by atoms with E-state index >= 15 is 0 Å². The van der Waals surface area contributed by atoms with Gasteiger partial charge in [-0.05, 0) is 37.8 Å². The van der Waals surface area contributed by atoms with Gasteiger partial charge in [-0.2, -0.15) is 0 Å². The summed E-state index contributed by atoms with van der Waals surface area (Å²) in [5.74, 6) is 0.251. The molecule has 3 nitrogen and oxygen atoms in total. The fraction of sp³-hybridized carbons (Fsp3) is 0.533.